The van der Waals surface area contributed by atoms with Crippen molar-refractivity contribution < 1.29 is 0 Å². The van der Waals surface area contributed by atoms with Gasteiger partial charge in [-0.1, -0.05) is 18.2 Å². The van der Waals surface area contributed by atoms with E-state index in [1.54, 1.807) is 4.68 Å². The van der Waals surface area contributed by atoms with Crippen molar-refractivity contribution in [2.24, 2.45) is 12.0 Å². The van der Waals surface area contributed by atoms with Gasteiger partial charge in [0.1, 0.15) is 5.84 Å². The summed E-state index contributed by atoms with van der Waals surface area (Å²) in [5.41, 5.74) is 5.97. The van der Waals surface area contributed by atoms with Gasteiger partial charge >= 0.3 is 0 Å². The molecule has 0 radical (unpaired) electrons. The van der Waals surface area contributed by atoms with E-state index in [1.807, 2.05) is 36.1 Å². The van der Waals surface area contributed by atoms with Gasteiger partial charge in [0.15, 0.2) is 11.5 Å². The number of hydrogen-bond donors (Lipinski definition) is 1. The largest absolute Gasteiger partial charge is 0.370 e. The lowest BCUT2D eigenvalue weighted by Gasteiger charge is -2.36. The van der Waals surface area contributed by atoms with Crippen LogP contribution in [0.4, 0.5) is 0 Å². The predicted molar refractivity (Wildman–Crippen MR) is 134 cm³/mol. The zero-order valence-corrected chi connectivity index (χ0v) is 20.0. The number of benzene rings is 1. The van der Waals surface area contributed by atoms with E-state index in [-0.39, 0.29) is 0 Å². The van der Waals surface area contributed by atoms with Gasteiger partial charge in [-0.15, -0.1) is 10.2 Å². The maximum atomic E-state index is 4.84. The van der Waals surface area contributed by atoms with Gasteiger partial charge in [0.25, 0.3) is 0 Å². The number of aryl methyl sites for hydroxylation is 1. The Hall–Kier alpha value is -4.05. The van der Waals surface area contributed by atoms with Crippen molar-refractivity contribution in [2.75, 3.05) is 39.8 Å². The average molecular weight is 469 g/mol. The molecule has 1 N–H and O–H groups in total. The minimum Gasteiger partial charge on any atom is -0.370 e. The Balaban J connectivity index is 1.19. The highest BCUT2D eigenvalue weighted by Gasteiger charge is 2.19. The van der Waals surface area contributed by atoms with Gasteiger partial charge in [-0.05, 0) is 30.8 Å². The number of aromatic nitrogens is 6. The molecule has 10 nitrogen and oxygen atoms in total. The van der Waals surface area contributed by atoms with Crippen LogP contribution in [-0.4, -0.2) is 85.0 Å². The zero-order chi connectivity index (χ0) is 23.8. The topological polar surface area (TPSA) is 91.8 Å². The maximum absolute atomic E-state index is 4.84. The first-order valence-corrected chi connectivity index (χ1v) is 11.9. The minimum atomic E-state index is 0.619. The number of rotatable bonds is 5. The van der Waals surface area contributed by atoms with Crippen LogP contribution in [0.1, 0.15) is 17.0 Å². The van der Waals surface area contributed by atoms with Crippen molar-refractivity contribution in [3.63, 3.8) is 0 Å². The zero-order valence-electron chi connectivity index (χ0n) is 20.0. The third-order valence-electron chi connectivity index (χ3n) is 6.57. The first-order chi connectivity index (χ1) is 17.1. The lowest BCUT2D eigenvalue weighted by molar-refractivity contribution is 0.184. The van der Waals surface area contributed by atoms with E-state index in [4.69, 9.17) is 10.1 Å². The summed E-state index contributed by atoms with van der Waals surface area (Å²) >= 11 is 0. The van der Waals surface area contributed by atoms with Gasteiger partial charge in [0, 0.05) is 63.2 Å². The molecule has 0 aliphatic carbocycles. The predicted octanol–water partition coefficient (Wildman–Crippen LogP) is 1.55. The third kappa shape index (κ3) is 4.40. The fourth-order valence-corrected chi connectivity index (χ4v) is 4.52. The van der Waals surface area contributed by atoms with Crippen molar-refractivity contribution in [2.45, 2.75) is 6.42 Å². The second-order valence-electron chi connectivity index (χ2n) is 9.12. The lowest BCUT2D eigenvalue weighted by Crippen LogP contribution is -2.45. The summed E-state index contributed by atoms with van der Waals surface area (Å²) in [6.45, 7) is 4.98. The molecule has 5 heterocycles. The highest BCUT2D eigenvalue weighted by atomic mass is 15.4. The van der Waals surface area contributed by atoms with Crippen LogP contribution in [0.3, 0.4) is 0 Å². The monoisotopic (exact) mass is 468 g/mol. The Bertz CT molecular complexity index is 1420. The molecule has 2 aliphatic rings. The van der Waals surface area contributed by atoms with Crippen LogP contribution in [-0.2, 0) is 13.5 Å². The molecule has 0 atom stereocenters. The molecule has 1 saturated heterocycles. The van der Waals surface area contributed by atoms with Crippen molar-refractivity contribution in [1.82, 2.24) is 44.7 Å². The summed E-state index contributed by atoms with van der Waals surface area (Å²) in [6.07, 6.45) is 6.48. The van der Waals surface area contributed by atoms with Crippen LogP contribution < -0.4 is 5.32 Å². The van der Waals surface area contributed by atoms with E-state index in [1.165, 1.54) is 5.70 Å². The number of nitrogens with one attached hydrogen (secondary N) is 1. The summed E-state index contributed by atoms with van der Waals surface area (Å²) < 4.78 is 3.58. The Labute approximate surface area is 203 Å². The van der Waals surface area contributed by atoms with E-state index in [9.17, 15) is 0 Å². The molecule has 3 aromatic heterocycles. The van der Waals surface area contributed by atoms with Crippen LogP contribution in [0.25, 0.3) is 16.9 Å². The van der Waals surface area contributed by atoms with Gasteiger partial charge in [0.2, 0.25) is 0 Å². The molecule has 10 heteroatoms. The van der Waals surface area contributed by atoms with Crippen LogP contribution in [0.15, 0.2) is 65.7 Å². The maximum Gasteiger partial charge on any atom is 0.177 e. The number of nitrogens with zero attached hydrogens (tertiary/aromatic N) is 9. The van der Waals surface area contributed by atoms with E-state index < -0.39 is 0 Å². The summed E-state index contributed by atoms with van der Waals surface area (Å²) in [4.78, 5) is 9.63. The fraction of sp³-hybridized carbons (Fsp3) is 0.320. The van der Waals surface area contributed by atoms with Crippen molar-refractivity contribution in [3.05, 3.63) is 77.6 Å². The highest BCUT2D eigenvalue weighted by Crippen LogP contribution is 2.18. The molecule has 0 amide bonds. The van der Waals surface area contributed by atoms with Crippen LogP contribution in [0, 0.1) is 0 Å². The summed E-state index contributed by atoms with van der Waals surface area (Å²) in [6, 6.07) is 12.3. The number of fused-ring (bicyclic) bond motifs is 1. The summed E-state index contributed by atoms with van der Waals surface area (Å²) in [7, 11) is 4.07. The van der Waals surface area contributed by atoms with Crippen molar-refractivity contribution >= 4 is 11.5 Å². The fourth-order valence-electron chi connectivity index (χ4n) is 4.52. The molecule has 0 unspecified atom stereocenters. The highest BCUT2D eigenvalue weighted by molar-refractivity contribution is 6.00. The Morgan fingerprint density at radius 3 is 2.63 bits per heavy atom. The molecular formula is C25H28N10. The Morgan fingerprint density at radius 2 is 1.86 bits per heavy atom. The minimum absolute atomic E-state index is 0.619. The summed E-state index contributed by atoms with van der Waals surface area (Å²) in [5.74, 6) is 1.69. The SMILES string of the molecule is CN1CCN(C2=CNC(c3cccc(Cc4nnc5ccc(-c6cnn(C)c6)nn45)c3)=NC2)CC1. The smallest absolute Gasteiger partial charge is 0.177 e. The molecule has 1 aromatic carbocycles. The molecular weight excluding hydrogens is 440 g/mol. The lowest BCUT2D eigenvalue weighted by atomic mass is 10.1. The van der Waals surface area contributed by atoms with Gasteiger partial charge in [-0.3, -0.25) is 9.67 Å². The van der Waals surface area contributed by atoms with Crippen molar-refractivity contribution in [1.29, 1.82) is 0 Å². The number of likely N-dealkylation sites (N-methyl/N-ethyl adjacent to an activating group) is 1. The summed E-state index contributed by atoms with van der Waals surface area (Å²) in [5, 5.41) is 21.1. The van der Waals surface area contributed by atoms with Gasteiger partial charge in [0.05, 0.1) is 24.1 Å². The first kappa shape index (κ1) is 21.5. The van der Waals surface area contributed by atoms with Crippen molar-refractivity contribution in [3.8, 4) is 11.3 Å². The van der Waals surface area contributed by atoms with E-state index in [2.05, 4.69) is 67.9 Å². The molecule has 0 saturated carbocycles. The number of aliphatic imine (C=N–C) groups is 1. The van der Waals surface area contributed by atoms with Gasteiger partial charge < -0.3 is 15.1 Å². The molecule has 35 heavy (non-hydrogen) atoms. The molecule has 1 fully saturated rings. The Kier molecular flexibility index (Phi) is 5.49. The molecule has 0 spiro atoms. The van der Waals surface area contributed by atoms with Gasteiger partial charge in [-0.2, -0.15) is 14.7 Å². The quantitative estimate of drug-likeness (QED) is 0.475. The first-order valence-electron chi connectivity index (χ1n) is 11.9. The average Bonchev–Trinajstić information content (AvgIpc) is 3.51. The molecule has 0 bridgehead atoms. The third-order valence-corrected chi connectivity index (χ3v) is 6.57. The molecule has 178 valence electrons. The number of hydrogen-bond acceptors (Lipinski definition) is 8. The Morgan fingerprint density at radius 1 is 0.971 bits per heavy atom. The standard InChI is InChI=1S/C25H28N10/c1-32-8-10-34(11-9-32)21-15-26-25(27-16-21)19-5-3-4-18(12-19)13-24-30-29-23-7-6-22(31-35(23)24)20-14-28-33(2)17-20/h3-7,12,14-15,17H,8-11,13,16H2,1-2H3,(H,26,27). The van der Waals surface area contributed by atoms with E-state index in [0.717, 1.165) is 65.9 Å². The van der Waals surface area contributed by atoms with Crippen LogP contribution >= 0.6 is 0 Å². The van der Waals surface area contributed by atoms with Crippen LogP contribution in [0.5, 0.6) is 0 Å². The molecule has 6 rings (SSSR count). The van der Waals surface area contributed by atoms with E-state index in [0.29, 0.717) is 13.0 Å². The van der Waals surface area contributed by atoms with Crippen LogP contribution in [0.2, 0.25) is 0 Å². The molecule has 4 aromatic rings. The number of amidine groups is 1. The number of piperazine rings is 1. The van der Waals surface area contributed by atoms with E-state index >= 15 is 0 Å². The second kappa shape index (κ2) is 8.95. The second-order valence-corrected chi connectivity index (χ2v) is 9.12. The normalized spacial score (nSPS) is 16.8. The molecule has 2 aliphatic heterocycles. The van der Waals surface area contributed by atoms with Gasteiger partial charge in [-0.25, -0.2) is 0 Å².